The normalized spacial score (nSPS) is 10.4. The summed E-state index contributed by atoms with van der Waals surface area (Å²) in [5.74, 6) is -0.502. The zero-order chi connectivity index (χ0) is 14.7. The summed E-state index contributed by atoms with van der Waals surface area (Å²) in [6, 6.07) is 5.56. The van der Waals surface area contributed by atoms with Gasteiger partial charge in [-0.3, -0.25) is 4.79 Å². The highest BCUT2D eigenvalue weighted by Gasteiger charge is 2.16. The molecule has 0 fully saturated rings. The van der Waals surface area contributed by atoms with Crippen molar-refractivity contribution in [2.24, 2.45) is 0 Å². The first-order chi connectivity index (χ1) is 9.51. The zero-order valence-corrected chi connectivity index (χ0v) is 13.5. The first-order valence-electron chi connectivity index (χ1n) is 5.69. The van der Waals surface area contributed by atoms with Crippen LogP contribution in [-0.2, 0) is 0 Å². The van der Waals surface area contributed by atoms with Gasteiger partial charge >= 0.3 is 0 Å². The van der Waals surface area contributed by atoms with Gasteiger partial charge in [0.1, 0.15) is 5.82 Å². The van der Waals surface area contributed by atoms with Crippen LogP contribution in [0.3, 0.4) is 0 Å². The third-order valence-electron chi connectivity index (χ3n) is 2.34. The summed E-state index contributed by atoms with van der Waals surface area (Å²) in [4.78, 5) is 12.0. The minimum absolute atomic E-state index is 0.111. The molecule has 106 valence electrons. The molecule has 0 aliphatic rings. The summed E-state index contributed by atoms with van der Waals surface area (Å²) in [6.07, 6.45) is 0. The number of hydrogen-bond donors (Lipinski definition) is 1. The molecule has 0 saturated carbocycles. The minimum atomic E-state index is -0.492. The maximum absolute atomic E-state index is 13.4. The van der Waals surface area contributed by atoms with Crippen LogP contribution >= 0.6 is 31.9 Å². The van der Waals surface area contributed by atoms with E-state index in [2.05, 4.69) is 37.2 Å². The average molecular weight is 407 g/mol. The fourth-order valence-corrected chi connectivity index (χ4v) is 2.42. The van der Waals surface area contributed by atoms with Crippen molar-refractivity contribution in [1.29, 1.82) is 0 Å². The summed E-state index contributed by atoms with van der Waals surface area (Å²) in [7, 11) is 0. The molecular formula is C13H10Br2FNO3. The third kappa shape index (κ3) is 3.40. The quantitative estimate of drug-likeness (QED) is 0.807. The van der Waals surface area contributed by atoms with E-state index < -0.39 is 11.7 Å². The molecule has 0 unspecified atom stereocenters. The van der Waals surface area contributed by atoms with Crippen LogP contribution in [0.2, 0.25) is 0 Å². The van der Waals surface area contributed by atoms with E-state index in [9.17, 15) is 9.18 Å². The van der Waals surface area contributed by atoms with Crippen LogP contribution in [0.1, 0.15) is 17.5 Å². The first kappa shape index (κ1) is 15.1. The number of anilines is 1. The van der Waals surface area contributed by atoms with E-state index in [1.807, 2.05) is 0 Å². The van der Waals surface area contributed by atoms with Crippen molar-refractivity contribution >= 4 is 43.5 Å². The fraction of sp³-hybridized carbons (Fsp3) is 0.154. The molecule has 2 rings (SSSR count). The highest BCUT2D eigenvalue weighted by molar-refractivity contribution is 9.10. The lowest BCUT2D eigenvalue weighted by Crippen LogP contribution is -2.12. The van der Waals surface area contributed by atoms with Crippen LogP contribution in [0.15, 0.2) is 37.8 Å². The first-order valence-corrected chi connectivity index (χ1v) is 7.28. The van der Waals surface area contributed by atoms with Gasteiger partial charge in [-0.25, -0.2) is 4.39 Å². The number of halogens is 3. The molecule has 20 heavy (non-hydrogen) atoms. The monoisotopic (exact) mass is 405 g/mol. The highest BCUT2D eigenvalue weighted by Crippen LogP contribution is 2.35. The van der Waals surface area contributed by atoms with Crippen LogP contribution in [0.5, 0.6) is 5.75 Å². The molecule has 0 aliphatic heterocycles. The zero-order valence-electron chi connectivity index (χ0n) is 10.4. The van der Waals surface area contributed by atoms with Gasteiger partial charge in [0.15, 0.2) is 16.2 Å². The second-order valence-corrected chi connectivity index (χ2v) is 5.39. The molecular weight excluding hydrogens is 397 g/mol. The van der Waals surface area contributed by atoms with E-state index in [4.69, 9.17) is 9.15 Å². The molecule has 0 aliphatic carbocycles. The Morgan fingerprint density at radius 1 is 1.40 bits per heavy atom. The van der Waals surface area contributed by atoms with Crippen molar-refractivity contribution in [3.63, 3.8) is 0 Å². The molecule has 7 heteroatoms. The number of ether oxygens (including phenoxy) is 1. The Morgan fingerprint density at radius 2 is 2.15 bits per heavy atom. The van der Waals surface area contributed by atoms with Gasteiger partial charge in [-0.15, -0.1) is 0 Å². The highest BCUT2D eigenvalue weighted by atomic mass is 79.9. The number of nitrogens with one attached hydrogen (secondary N) is 1. The largest absolute Gasteiger partial charge is 0.491 e. The molecule has 0 radical (unpaired) electrons. The smallest absolute Gasteiger partial charge is 0.291 e. The lowest BCUT2D eigenvalue weighted by molar-refractivity contribution is 0.0995. The number of carbonyl (C=O) groups is 1. The Kier molecular flexibility index (Phi) is 4.82. The van der Waals surface area contributed by atoms with Crippen molar-refractivity contribution < 1.29 is 18.3 Å². The Balaban J connectivity index is 2.30. The topological polar surface area (TPSA) is 51.5 Å². The Bertz CT molecular complexity index is 643. The maximum Gasteiger partial charge on any atom is 0.291 e. The predicted molar refractivity (Wildman–Crippen MR) is 79.6 cm³/mol. The lowest BCUT2D eigenvalue weighted by Gasteiger charge is -2.12. The van der Waals surface area contributed by atoms with Gasteiger partial charge < -0.3 is 14.5 Å². The van der Waals surface area contributed by atoms with E-state index in [1.165, 1.54) is 18.2 Å². The van der Waals surface area contributed by atoms with Gasteiger partial charge in [0.05, 0.1) is 16.8 Å². The summed E-state index contributed by atoms with van der Waals surface area (Å²) in [5.41, 5.74) is 0.233. The van der Waals surface area contributed by atoms with Crippen molar-refractivity contribution in [3.05, 3.63) is 45.0 Å². The maximum atomic E-state index is 13.4. The third-order valence-corrected chi connectivity index (χ3v) is 3.36. The fourth-order valence-electron chi connectivity index (χ4n) is 1.56. The molecule has 0 saturated heterocycles. The molecule has 4 nitrogen and oxygen atoms in total. The molecule has 1 N–H and O–H groups in total. The van der Waals surface area contributed by atoms with Gasteiger partial charge in [0, 0.05) is 6.07 Å². The Hall–Kier alpha value is -1.34. The summed E-state index contributed by atoms with van der Waals surface area (Å²) < 4.78 is 24.8. The van der Waals surface area contributed by atoms with Gasteiger partial charge in [0.2, 0.25) is 0 Å². The molecule has 0 atom stereocenters. The van der Waals surface area contributed by atoms with E-state index >= 15 is 0 Å². The summed E-state index contributed by atoms with van der Waals surface area (Å²) >= 11 is 6.31. The Labute approximate surface area is 131 Å². The molecule has 2 aromatic rings. The van der Waals surface area contributed by atoms with E-state index in [0.717, 1.165) is 0 Å². The molecule has 0 bridgehead atoms. The van der Waals surface area contributed by atoms with Crippen LogP contribution < -0.4 is 10.1 Å². The number of hydrogen-bond acceptors (Lipinski definition) is 3. The molecule has 1 amide bonds. The van der Waals surface area contributed by atoms with Crippen molar-refractivity contribution in [2.45, 2.75) is 6.92 Å². The standard InChI is InChI=1S/C13H10Br2FNO3/c1-2-19-12-8(14)5-7(16)6-9(12)17-13(18)10-3-4-11(15)20-10/h3-6H,2H2,1H3,(H,17,18). The number of amides is 1. The van der Waals surface area contributed by atoms with Crippen LogP contribution in [0.25, 0.3) is 0 Å². The number of benzene rings is 1. The second kappa shape index (κ2) is 6.41. The second-order valence-electron chi connectivity index (χ2n) is 3.76. The molecule has 1 aromatic carbocycles. The van der Waals surface area contributed by atoms with Crippen LogP contribution in [-0.4, -0.2) is 12.5 Å². The predicted octanol–water partition coefficient (Wildman–Crippen LogP) is 4.59. The molecule has 1 heterocycles. The average Bonchev–Trinajstić information content (AvgIpc) is 2.80. The van der Waals surface area contributed by atoms with Gasteiger partial charge in [0.25, 0.3) is 5.91 Å². The van der Waals surface area contributed by atoms with Gasteiger partial charge in [-0.05, 0) is 57.0 Å². The van der Waals surface area contributed by atoms with E-state index in [-0.39, 0.29) is 11.4 Å². The number of rotatable bonds is 4. The number of furan rings is 1. The molecule has 0 spiro atoms. The lowest BCUT2D eigenvalue weighted by atomic mass is 10.2. The van der Waals surface area contributed by atoms with Gasteiger partial charge in [-0.2, -0.15) is 0 Å². The van der Waals surface area contributed by atoms with Crippen molar-refractivity contribution in [2.75, 3.05) is 11.9 Å². The van der Waals surface area contributed by atoms with Gasteiger partial charge in [-0.1, -0.05) is 0 Å². The van der Waals surface area contributed by atoms with Crippen LogP contribution in [0.4, 0.5) is 10.1 Å². The number of carbonyl (C=O) groups excluding carboxylic acids is 1. The molecule has 1 aromatic heterocycles. The van der Waals surface area contributed by atoms with E-state index in [0.29, 0.717) is 21.5 Å². The SMILES string of the molecule is CCOc1c(Br)cc(F)cc1NC(=O)c1ccc(Br)o1. The van der Waals surface area contributed by atoms with E-state index in [1.54, 1.807) is 13.0 Å². The van der Waals surface area contributed by atoms with Crippen molar-refractivity contribution in [3.8, 4) is 5.75 Å². The van der Waals surface area contributed by atoms with Crippen molar-refractivity contribution in [1.82, 2.24) is 0 Å². The Morgan fingerprint density at radius 3 is 2.75 bits per heavy atom. The summed E-state index contributed by atoms with van der Waals surface area (Å²) in [5, 5.41) is 2.56. The van der Waals surface area contributed by atoms with Crippen LogP contribution in [0, 0.1) is 5.82 Å². The minimum Gasteiger partial charge on any atom is -0.491 e. The summed E-state index contributed by atoms with van der Waals surface area (Å²) in [6.45, 7) is 2.18.